The Morgan fingerprint density at radius 1 is 1.53 bits per heavy atom. The second-order valence-electron chi connectivity index (χ2n) is 4.02. The summed E-state index contributed by atoms with van der Waals surface area (Å²) in [6.07, 6.45) is 0.275. The number of rotatable bonds is 1. The summed E-state index contributed by atoms with van der Waals surface area (Å²) in [5, 5.41) is 2.79. The van der Waals surface area contributed by atoms with Crippen LogP contribution in [0.4, 0.5) is 11.4 Å². The maximum Gasteiger partial charge on any atom is 0.242 e. The quantitative estimate of drug-likeness (QED) is 0.777. The van der Waals surface area contributed by atoms with E-state index in [2.05, 4.69) is 5.32 Å². The van der Waals surface area contributed by atoms with Gasteiger partial charge in [-0.3, -0.25) is 9.59 Å². The lowest BCUT2D eigenvalue weighted by Gasteiger charge is -2.26. The third kappa shape index (κ3) is 2.26. The fourth-order valence-electron chi connectivity index (χ4n) is 2.03. The number of carbonyl (C=O) groups excluding carboxylic acids is 2. The summed E-state index contributed by atoms with van der Waals surface area (Å²) in [5.41, 5.74) is 1.36. The molecule has 5 heteroatoms. The van der Waals surface area contributed by atoms with Crippen LogP contribution < -0.4 is 10.2 Å². The number of benzene rings is 1. The Morgan fingerprint density at radius 3 is 2.94 bits per heavy atom. The van der Waals surface area contributed by atoms with Gasteiger partial charge in [-0.1, -0.05) is 12.1 Å². The molecule has 0 radical (unpaired) electrons. The summed E-state index contributed by atoms with van der Waals surface area (Å²) in [6.45, 7) is 1.84. The van der Waals surface area contributed by atoms with E-state index in [1.165, 1.54) is 0 Å². The molecule has 1 atom stereocenters. The van der Waals surface area contributed by atoms with Crippen molar-refractivity contribution < 1.29 is 9.59 Å². The first-order chi connectivity index (χ1) is 8.13. The van der Waals surface area contributed by atoms with Crippen molar-refractivity contribution in [3.05, 3.63) is 24.3 Å². The summed E-state index contributed by atoms with van der Waals surface area (Å²) in [7, 11) is 0. The number of nitrogens with zero attached hydrogens (tertiary/aromatic N) is 1. The number of para-hydroxylation sites is 2. The van der Waals surface area contributed by atoms with Crippen LogP contribution in [-0.2, 0) is 9.59 Å². The fraction of sp³-hybridized carbons (Fsp3) is 0.333. The zero-order valence-corrected chi connectivity index (χ0v) is 10.2. The number of nitrogens with one attached hydrogen (secondary N) is 1. The van der Waals surface area contributed by atoms with Crippen LogP contribution in [0.5, 0.6) is 0 Å². The van der Waals surface area contributed by atoms with Crippen LogP contribution in [0.2, 0.25) is 0 Å². The Balaban J connectivity index is 2.49. The molecule has 0 aromatic heterocycles. The van der Waals surface area contributed by atoms with Gasteiger partial charge in [0.1, 0.15) is 5.88 Å². The molecule has 1 N–H and O–H groups in total. The highest BCUT2D eigenvalue weighted by molar-refractivity contribution is 6.29. The van der Waals surface area contributed by atoms with Gasteiger partial charge in [-0.15, -0.1) is 11.6 Å². The molecule has 0 fully saturated rings. The van der Waals surface area contributed by atoms with Gasteiger partial charge in [0.05, 0.1) is 11.4 Å². The molecular formula is C12H13ClN2O2. The monoisotopic (exact) mass is 252 g/mol. The van der Waals surface area contributed by atoms with E-state index in [1.54, 1.807) is 11.0 Å². The Hall–Kier alpha value is -1.55. The van der Waals surface area contributed by atoms with E-state index in [1.807, 2.05) is 25.1 Å². The van der Waals surface area contributed by atoms with Crippen molar-refractivity contribution in [1.29, 1.82) is 0 Å². The minimum Gasteiger partial charge on any atom is -0.324 e. The topological polar surface area (TPSA) is 49.4 Å². The van der Waals surface area contributed by atoms with Crippen molar-refractivity contribution in [2.75, 3.05) is 16.1 Å². The van der Waals surface area contributed by atoms with Crippen LogP contribution >= 0.6 is 11.6 Å². The largest absolute Gasteiger partial charge is 0.324 e. The molecule has 2 amide bonds. The van der Waals surface area contributed by atoms with Gasteiger partial charge in [0.2, 0.25) is 11.8 Å². The summed E-state index contributed by atoms with van der Waals surface area (Å²) < 4.78 is 0. The number of fused-ring (bicyclic) bond motifs is 1. The first-order valence-electron chi connectivity index (χ1n) is 5.40. The van der Waals surface area contributed by atoms with E-state index in [4.69, 9.17) is 11.6 Å². The lowest BCUT2D eigenvalue weighted by atomic mass is 10.2. The number of carbonyl (C=O) groups is 2. The molecule has 1 heterocycles. The SMILES string of the molecule is C[C@@H]1CC(=O)Nc2ccccc2N1C(=O)CCl. The van der Waals surface area contributed by atoms with Gasteiger partial charge >= 0.3 is 0 Å². The lowest BCUT2D eigenvalue weighted by molar-refractivity contribution is -0.117. The molecule has 0 bridgehead atoms. The minimum atomic E-state index is -0.192. The van der Waals surface area contributed by atoms with E-state index >= 15 is 0 Å². The highest BCUT2D eigenvalue weighted by Gasteiger charge is 2.28. The maximum atomic E-state index is 11.9. The Kier molecular flexibility index (Phi) is 3.33. The van der Waals surface area contributed by atoms with Crippen molar-refractivity contribution in [3.63, 3.8) is 0 Å². The van der Waals surface area contributed by atoms with Gasteiger partial charge in [-0.2, -0.15) is 0 Å². The van der Waals surface area contributed by atoms with Gasteiger partial charge in [-0.05, 0) is 19.1 Å². The number of alkyl halides is 1. The van der Waals surface area contributed by atoms with E-state index in [9.17, 15) is 9.59 Å². The first-order valence-corrected chi connectivity index (χ1v) is 5.94. The normalized spacial score (nSPS) is 19.3. The van der Waals surface area contributed by atoms with Crippen LogP contribution in [0.1, 0.15) is 13.3 Å². The number of amides is 2. The smallest absolute Gasteiger partial charge is 0.242 e. The molecule has 17 heavy (non-hydrogen) atoms. The van der Waals surface area contributed by atoms with E-state index in [-0.39, 0.29) is 30.2 Å². The van der Waals surface area contributed by atoms with Gasteiger partial charge in [0.25, 0.3) is 0 Å². The number of anilines is 2. The van der Waals surface area contributed by atoms with Crippen molar-refractivity contribution in [1.82, 2.24) is 0 Å². The fourth-order valence-corrected chi connectivity index (χ4v) is 2.16. The number of hydrogen-bond donors (Lipinski definition) is 1. The molecule has 90 valence electrons. The predicted octanol–water partition coefficient (Wildman–Crippen LogP) is 1.99. The summed E-state index contributed by atoms with van der Waals surface area (Å²) in [5.74, 6) is -0.370. The second-order valence-corrected chi connectivity index (χ2v) is 4.28. The molecule has 0 saturated heterocycles. The van der Waals surface area contributed by atoms with E-state index in [0.717, 1.165) is 0 Å². The molecule has 1 aromatic carbocycles. The first kappa shape index (κ1) is 11.9. The van der Waals surface area contributed by atoms with Gasteiger partial charge in [-0.25, -0.2) is 0 Å². The molecule has 0 unspecified atom stereocenters. The van der Waals surface area contributed by atoms with Crippen molar-refractivity contribution >= 4 is 34.8 Å². The standard InChI is InChI=1S/C12H13ClN2O2/c1-8-6-11(16)14-9-4-2-3-5-10(9)15(8)12(17)7-13/h2-5,8H,6-7H2,1H3,(H,14,16)/t8-/m1/s1. The zero-order chi connectivity index (χ0) is 12.4. The Labute approximate surface area is 105 Å². The highest BCUT2D eigenvalue weighted by Crippen LogP contribution is 2.31. The average Bonchev–Trinajstić information content (AvgIpc) is 2.42. The summed E-state index contributed by atoms with van der Waals surface area (Å²) in [4.78, 5) is 25.1. The molecule has 0 aliphatic carbocycles. The summed E-state index contributed by atoms with van der Waals surface area (Å²) in [6, 6.07) is 7.04. The number of hydrogen-bond acceptors (Lipinski definition) is 2. The van der Waals surface area contributed by atoms with E-state index in [0.29, 0.717) is 11.4 Å². The molecule has 1 aromatic rings. The Bertz CT molecular complexity index is 462. The second kappa shape index (κ2) is 4.75. The highest BCUT2D eigenvalue weighted by atomic mass is 35.5. The van der Waals surface area contributed by atoms with Crippen molar-refractivity contribution in [2.24, 2.45) is 0 Å². The predicted molar refractivity (Wildman–Crippen MR) is 67.4 cm³/mol. The van der Waals surface area contributed by atoms with Crippen LogP contribution in [-0.4, -0.2) is 23.7 Å². The molecule has 1 aliphatic rings. The van der Waals surface area contributed by atoms with Crippen LogP contribution in [0, 0.1) is 0 Å². The Morgan fingerprint density at radius 2 is 2.24 bits per heavy atom. The van der Waals surface area contributed by atoms with Crippen molar-refractivity contribution in [3.8, 4) is 0 Å². The average molecular weight is 253 g/mol. The third-order valence-electron chi connectivity index (χ3n) is 2.74. The number of halogens is 1. The molecular weight excluding hydrogens is 240 g/mol. The van der Waals surface area contributed by atoms with Crippen molar-refractivity contribution in [2.45, 2.75) is 19.4 Å². The maximum absolute atomic E-state index is 11.9. The van der Waals surface area contributed by atoms with Crippen LogP contribution in [0.15, 0.2) is 24.3 Å². The van der Waals surface area contributed by atoms with Gasteiger partial charge in [0, 0.05) is 12.5 Å². The van der Waals surface area contributed by atoms with Gasteiger partial charge < -0.3 is 10.2 Å². The summed E-state index contributed by atoms with van der Waals surface area (Å²) >= 11 is 5.61. The van der Waals surface area contributed by atoms with E-state index < -0.39 is 0 Å². The molecule has 0 spiro atoms. The van der Waals surface area contributed by atoms with Gasteiger partial charge in [0.15, 0.2) is 0 Å². The van der Waals surface area contributed by atoms with Crippen LogP contribution in [0.3, 0.4) is 0 Å². The molecule has 2 rings (SSSR count). The lowest BCUT2D eigenvalue weighted by Crippen LogP contribution is -2.39. The molecule has 1 aliphatic heterocycles. The minimum absolute atomic E-state index is 0.0881. The third-order valence-corrected chi connectivity index (χ3v) is 2.97. The zero-order valence-electron chi connectivity index (χ0n) is 9.44. The van der Waals surface area contributed by atoms with Crippen LogP contribution in [0.25, 0.3) is 0 Å². The molecule has 4 nitrogen and oxygen atoms in total. The molecule has 0 saturated carbocycles.